The van der Waals surface area contributed by atoms with Crippen LogP contribution in [-0.4, -0.2) is 0 Å². The fourth-order valence-electron chi connectivity index (χ4n) is 0.974. The Morgan fingerprint density at radius 3 is 2.71 bits per heavy atom. The van der Waals surface area contributed by atoms with Gasteiger partial charge in [-0.05, 0) is 24.3 Å². The van der Waals surface area contributed by atoms with Gasteiger partial charge in [0.05, 0.1) is 0 Å². The third kappa shape index (κ3) is 2.83. The summed E-state index contributed by atoms with van der Waals surface area (Å²) >= 11 is 0. The van der Waals surface area contributed by atoms with Gasteiger partial charge in [-0.2, -0.15) is 0 Å². The maximum Gasteiger partial charge on any atom is 0.129 e. The lowest BCUT2D eigenvalue weighted by Gasteiger charge is -2.05. The van der Waals surface area contributed by atoms with Crippen LogP contribution < -0.4 is 10.5 Å². The van der Waals surface area contributed by atoms with Gasteiger partial charge in [-0.3, -0.25) is 0 Å². The van der Waals surface area contributed by atoms with Crippen LogP contribution in [0, 0.1) is 0 Å². The number of anilines is 1. The van der Waals surface area contributed by atoms with E-state index in [-0.39, 0.29) is 0 Å². The minimum atomic E-state index is 0.644. The first kappa shape index (κ1) is 10.1. The van der Waals surface area contributed by atoms with Crippen LogP contribution in [0.2, 0.25) is 0 Å². The van der Waals surface area contributed by atoms with Crippen molar-refractivity contribution in [1.82, 2.24) is 0 Å². The first-order valence-corrected chi connectivity index (χ1v) is 4.25. The molecule has 14 heavy (non-hydrogen) atoms. The number of hydrogen-bond donors (Lipinski definition) is 1. The average molecular weight is 187 g/mol. The van der Waals surface area contributed by atoms with E-state index in [1.165, 1.54) is 0 Å². The summed E-state index contributed by atoms with van der Waals surface area (Å²) in [4.78, 5) is 0. The molecule has 2 heteroatoms. The van der Waals surface area contributed by atoms with Crippen LogP contribution in [0.5, 0.6) is 5.75 Å². The number of nitrogens with two attached hydrogens (primary N) is 1. The Labute approximate surface area is 84.0 Å². The van der Waals surface area contributed by atoms with Gasteiger partial charge in [0.25, 0.3) is 0 Å². The highest BCUT2D eigenvalue weighted by atomic mass is 16.5. The molecular weight excluding hydrogens is 174 g/mol. The van der Waals surface area contributed by atoms with E-state index < -0.39 is 0 Å². The van der Waals surface area contributed by atoms with Crippen molar-refractivity contribution in [2.24, 2.45) is 0 Å². The highest BCUT2D eigenvalue weighted by molar-refractivity contribution is 5.44. The number of hydrogen-bond acceptors (Lipinski definition) is 2. The lowest BCUT2D eigenvalue weighted by Crippen LogP contribution is -1.92. The van der Waals surface area contributed by atoms with Crippen molar-refractivity contribution in [3.63, 3.8) is 0 Å². The van der Waals surface area contributed by atoms with E-state index in [0.29, 0.717) is 17.2 Å². The van der Waals surface area contributed by atoms with Crippen LogP contribution in [0.25, 0.3) is 0 Å². The van der Waals surface area contributed by atoms with Gasteiger partial charge in [0, 0.05) is 11.8 Å². The smallest absolute Gasteiger partial charge is 0.129 e. The van der Waals surface area contributed by atoms with Crippen molar-refractivity contribution in [3.8, 4) is 5.75 Å². The number of rotatable bonds is 4. The summed E-state index contributed by atoms with van der Waals surface area (Å²) in [7, 11) is 0. The molecule has 1 rings (SSSR count). The second-order valence-corrected chi connectivity index (χ2v) is 2.68. The average Bonchev–Trinajstić information content (AvgIpc) is 2.17. The summed E-state index contributed by atoms with van der Waals surface area (Å²) in [5, 5.41) is 0. The van der Waals surface area contributed by atoms with E-state index in [2.05, 4.69) is 13.2 Å². The van der Waals surface area contributed by atoms with Crippen LogP contribution in [0.3, 0.4) is 0 Å². The van der Waals surface area contributed by atoms with Crippen molar-refractivity contribution >= 4 is 5.69 Å². The molecule has 2 N–H and O–H groups in total. The Balaban J connectivity index is 2.82. The van der Waals surface area contributed by atoms with Gasteiger partial charge in [0.2, 0.25) is 0 Å². The van der Waals surface area contributed by atoms with E-state index in [9.17, 15) is 0 Å². The predicted octanol–water partition coefficient (Wildman–Crippen LogP) is 2.90. The molecule has 0 spiro atoms. The standard InChI is InChI=1S/C12H13NO/c1-3-6-11(4-2)14-12-8-5-7-10(13)9-12/h3-9H,1-2,13H2/b11-6+. The first-order valence-electron chi connectivity index (χ1n) is 4.25. The fraction of sp³-hybridized carbons (Fsp3) is 0. The molecule has 0 saturated carbocycles. The van der Waals surface area contributed by atoms with Gasteiger partial charge in [-0.1, -0.05) is 25.3 Å². The third-order valence-corrected chi connectivity index (χ3v) is 1.58. The van der Waals surface area contributed by atoms with Gasteiger partial charge in [-0.25, -0.2) is 0 Å². The van der Waals surface area contributed by atoms with Crippen LogP contribution in [0.15, 0.2) is 61.4 Å². The Morgan fingerprint density at radius 2 is 2.14 bits per heavy atom. The zero-order chi connectivity index (χ0) is 10.4. The largest absolute Gasteiger partial charge is 0.457 e. The Morgan fingerprint density at radius 1 is 1.36 bits per heavy atom. The quantitative estimate of drug-likeness (QED) is 0.447. The molecule has 0 aliphatic rings. The Hall–Kier alpha value is -1.96. The number of nitrogen functional groups attached to an aromatic ring is 1. The van der Waals surface area contributed by atoms with E-state index in [4.69, 9.17) is 10.5 Å². The molecule has 0 saturated heterocycles. The van der Waals surface area contributed by atoms with Crippen molar-refractivity contribution in [1.29, 1.82) is 0 Å². The summed E-state index contributed by atoms with van der Waals surface area (Å²) in [6.45, 7) is 7.20. The first-order chi connectivity index (χ1) is 6.76. The second-order valence-electron chi connectivity index (χ2n) is 2.68. The molecule has 0 bridgehead atoms. The molecular formula is C12H13NO. The number of benzene rings is 1. The van der Waals surface area contributed by atoms with Gasteiger partial charge in [0.1, 0.15) is 11.5 Å². The molecule has 2 nitrogen and oxygen atoms in total. The summed E-state index contributed by atoms with van der Waals surface area (Å²) in [6, 6.07) is 7.22. The normalized spacial score (nSPS) is 10.7. The van der Waals surface area contributed by atoms with Gasteiger partial charge >= 0.3 is 0 Å². The Kier molecular flexibility index (Phi) is 3.56. The van der Waals surface area contributed by atoms with Crippen LogP contribution in [-0.2, 0) is 0 Å². The van der Waals surface area contributed by atoms with E-state index in [1.54, 1.807) is 30.4 Å². The van der Waals surface area contributed by atoms with Crippen molar-refractivity contribution in [2.45, 2.75) is 0 Å². The zero-order valence-electron chi connectivity index (χ0n) is 7.94. The molecule has 0 radical (unpaired) electrons. The molecule has 0 aliphatic heterocycles. The van der Waals surface area contributed by atoms with E-state index >= 15 is 0 Å². The second kappa shape index (κ2) is 4.92. The zero-order valence-corrected chi connectivity index (χ0v) is 7.94. The molecule has 0 heterocycles. The summed E-state index contributed by atoms with van der Waals surface area (Å²) in [5.41, 5.74) is 6.28. The minimum absolute atomic E-state index is 0.644. The molecule has 0 aromatic heterocycles. The van der Waals surface area contributed by atoms with Crippen LogP contribution in [0.4, 0.5) is 5.69 Å². The molecule has 72 valence electrons. The highest BCUT2D eigenvalue weighted by Crippen LogP contribution is 2.17. The third-order valence-electron chi connectivity index (χ3n) is 1.58. The summed E-state index contributed by atoms with van der Waals surface area (Å²) in [6.07, 6.45) is 4.99. The van der Waals surface area contributed by atoms with Crippen molar-refractivity contribution in [2.75, 3.05) is 5.73 Å². The summed E-state index contributed by atoms with van der Waals surface area (Å²) in [5.74, 6) is 1.34. The van der Waals surface area contributed by atoms with Crippen LogP contribution >= 0.6 is 0 Å². The molecule has 0 fully saturated rings. The molecule has 0 atom stereocenters. The van der Waals surface area contributed by atoms with Crippen molar-refractivity contribution in [3.05, 3.63) is 61.4 Å². The lowest BCUT2D eigenvalue weighted by atomic mass is 10.3. The van der Waals surface area contributed by atoms with Gasteiger partial charge in [0.15, 0.2) is 0 Å². The minimum Gasteiger partial charge on any atom is -0.457 e. The topological polar surface area (TPSA) is 35.2 Å². The summed E-state index contributed by atoms with van der Waals surface area (Å²) < 4.78 is 5.48. The fourth-order valence-corrected chi connectivity index (χ4v) is 0.974. The SMILES string of the molecule is C=C/C=C(\C=C)Oc1cccc(N)c1. The number of ether oxygens (including phenoxy) is 1. The molecule has 1 aromatic rings. The van der Waals surface area contributed by atoms with E-state index in [0.717, 1.165) is 0 Å². The maximum absolute atomic E-state index is 5.60. The molecule has 0 amide bonds. The predicted molar refractivity (Wildman–Crippen MR) is 60.0 cm³/mol. The van der Waals surface area contributed by atoms with E-state index in [1.807, 2.05) is 12.1 Å². The molecule has 0 unspecified atom stereocenters. The van der Waals surface area contributed by atoms with Gasteiger partial charge < -0.3 is 10.5 Å². The van der Waals surface area contributed by atoms with Crippen LogP contribution in [0.1, 0.15) is 0 Å². The Bertz CT molecular complexity index is 366. The monoisotopic (exact) mass is 187 g/mol. The number of allylic oxidation sites excluding steroid dienone is 3. The maximum atomic E-state index is 5.60. The van der Waals surface area contributed by atoms with Gasteiger partial charge in [-0.15, -0.1) is 0 Å². The lowest BCUT2D eigenvalue weighted by molar-refractivity contribution is 0.445. The highest BCUT2D eigenvalue weighted by Gasteiger charge is 1.95. The van der Waals surface area contributed by atoms with Crippen molar-refractivity contribution < 1.29 is 4.74 Å². The molecule has 0 aliphatic carbocycles. The molecule has 1 aromatic carbocycles.